The first kappa shape index (κ1) is 15.7. The van der Waals surface area contributed by atoms with Crippen molar-refractivity contribution in [1.29, 1.82) is 0 Å². The molecule has 0 atom stereocenters. The summed E-state index contributed by atoms with van der Waals surface area (Å²) in [5, 5.41) is 0. The van der Waals surface area contributed by atoms with E-state index in [9.17, 15) is 4.79 Å². The van der Waals surface area contributed by atoms with Gasteiger partial charge in [0.1, 0.15) is 24.7 Å². The van der Waals surface area contributed by atoms with Crippen LogP contribution >= 0.6 is 0 Å². The molecule has 2 N–H and O–H groups in total. The number of anilines is 1. The van der Waals surface area contributed by atoms with Gasteiger partial charge in [-0.1, -0.05) is 12.1 Å². The molecule has 2 rings (SSSR count). The number of aryl methyl sites for hydroxylation is 1. The average molecular weight is 301 g/mol. The second-order valence-electron chi connectivity index (χ2n) is 4.76. The van der Waals surface area contributed by atoms with Crippen LogP contribution in [0, 0.1) is 6.92 Å². The van der Waals surface area contributed by atoms with Gasteiger partial charge >= 0.3 is 5.97 Å². The summed E-state index contributed by atoms with van der Waals surface area (Å²) in [6.45, 7) is 2.77. The zero-order chi connectivity index (χ0) is 15.9. The fraction of sp³-hybridized carbons (Fsp3) is 0.235. The molecular formula is C17H19NO4. The molecule has 0 unspecified atom stereocenters. The molecule has 0 heterocycles. The molecule has 116 valence electrons. The third-order valence-electron chi connectivity index (χ3n) is 3.03. The van der Waals surface area contributed by atoms with E-state index in [0.717, 1.165) is 11.3 Å². The molecule has 0 saturated heterocycles. The summed E-state index contributed by atoms with van der Waals surface area (Å²) in [7, 11) is 1.32. The number of rotatable bonds is 6. The van der Waals surface area contributed by atoms with Gasteiger partial charge in [-0.05, 0) is 42.8 Å². The number of nitrogens with two attached hydrogens (primary N) is 1. The predicted octanol–water partition coefficient (Wildman–Crippen LogP) is 2.82. The number of nitrogen functional groups attached to an aromatic ring is 1. The van der Waals surface area contributed by atoms with Crippen LogP contribution in [0.4, 0.5) is 5.69 Å². The number of methoxy groups -OCH3 is 1. The number of benzene rings is 2. The van der Waals surface area contributed by atoms with E-state index in [1.54, 1.807) is 12.1 Å². The molecule has 22 heavy (non-hydrogen) atoms. The van der Waals surface area contributed by atoms with Gasteiger partial charge < -0.3 is 19.9 Å². The Morgan fingerprint density at radius 3 is 2.55 bits per heavy atom. The number of carbonyl (C=O) groups is 1. The number of esters is 1. The number of ether oxygens (including phenoxy) is 3. The second-order valence-corrected chi connectivity index (χ2v) is 4.76. The Bertz CT molecular complexity index is 655. The third kappa shape index (κ3) is 4.15. The van der Waals surface area contributed by atoms with Crippen molar-refractivity contribution in [2.45, 2.75) is 6.92 Å². The Hall–Kier alpha value is -2.69. The highest BCUT2D eigenvalue weighted by atomic mass is 16.5. The summed E-state index contributed by atoms with van der Waals surface area (Å²) >= 11 is 0. The van der Waals surface area contributed by atoms with E-state index in [0.29, 0.717) is 30.2 Å². The highest BCUT2D eigenvalue weighted by molar-refractivity contribution is 5.90. The van der Waals surface area contributed by atoms with E-state index < -0.39 is 5.97 Å². The van der Waals surface area contributed by atoms with Crippen molar-refractivity contribution in [2.24, 2.45) is 0 Å². The van der Waals surface area contributed by atoms with Crippen molar-refractivity contribution in [3.8, 4) is 11.5 Å². The van der Waals surface area contributed by atoms with Crippen LogP contribution in [0.15, 0.2) is 42.5 Å². The van der Waals surface area contributed by atoms with Crippen molar-refractivity contribution in [1.82, 2.24) is 0 Å². The summed E-state index contributed by atoms with van der Waals surface area (Å²) in [5.74, 6) is 0.888. The van der Waals surface area contributed by atoms with E-state index in [2.05, 4.69) is 4.74 Å². The summed E-state index contributed by atoms with van der Waals surface area (Å²) < 4.78 is 15.8. The van der Waals surface area contributed by atoms with Gasteiger partial charge in [0.15, 0.2) is 0 Å². The van der Waals surface area contributed by atoms with Crippen molar-refractivity contribution in [3.05, 3.63) is 53.6 Å². The standard InChI is InChI=1S/C17H19NO4/c1-12-4-3-5-14(10-12)21-8-9-22-16-7-6-13(11-15(16)18)17(19)20-2/h3-7,10-11H,8-9,18H2,1-2H3. The normalized spacial score (nSPS) is 10.1. The highest BCUT2D eigenvalue weighted by Crippen LogP contribution is 2.23. The largest absolute Gasteiger partial charge is 0.490 e. The lowest BCUT2D eigenvalue weighted by Crippen LogP contribution is -2.10. The predicted molar refractivity (Wildman–Crippen MR) is 84.4 cm³/mol. The van der Waals surface area contributed by atoms with Gasteiger partial charge in [-0.3, -0.25) is 0 Å². The van der Waals surface area contributed by atoms with Crippen LogP contribution in [-0.4, -0.2) is 26.3 Å². The van der Waals surface area contributed by atoms with Crippen molar-refractivity contribution in [3.63, 3.8) is 0 Å². The smallest absolute Gasteiger partial charge is 0.337 e. The monoisotopic (exact) mass is 301 g/mol. The maximum atomic E-state index is 11.4. The molecule has 0 radical (unpaired) electrons. The van der Waals surface area contributed by atoms with Crippen LogP contribution in [0.25, 0.3) is 0 Å². The van der Waals surface area contributed by atoms with Crippen molar-refractivity contribution >= 4 is 11.7 Å². The van der Waals surface area contributed by atoms with Crippen LogP contribution in [0.1, 0.15) is 15.9 Å². The van der Waals surface area contributed by atoms with E-state index in [1.807, 2.05) is 31.2 Å². The Morgan fingerprint density at radius 2 is 1.86 bits per heavy atom. The summed E-state index contributed by atoms with van der Waals surface area (Å²) in [4.78, 5) is 11.4. The summed E-state index contributed by atoms with van der Waals surface area (Å²) in [6.07, 6.45) is 0. The Labute approximate surface area is 129 Å². The molecule has 0 aromatic heterocycles. The SMILES string of the molecule is COC(=O)c1ccc(OCCOc2cccc(C)c2)c(N)c1. The first-order valence-electron chi connectivity index (χ1n) is 6.90. The van der Waals surface area contributed by atoms with Gasteiger partial charge in [-0.25, -0.2) is 4.79 Å². The molecule has 2 aromatic rings. The molecule has 0 saturated carbocycles. The van der Waals surface area contributed by atoms with Crippen molar-refractivity contribution < 1.29 is 19.0 Å². The van der Waals surface area contributed by atoms with E-state index in [1.165, 1.54) is 13.2 Å². The lowest BCUT2D eigenvalue weighted by atomic mass is 10.2. The van der Waals surface area contributed by atoms with Gasteiger partial charge in [-0.2, -0.15) is 0 Å². The summed E-state index contributed by atoms with van der Waals surface area (Å²) in [5.41, 5.74) is 7.77. The van der Waals surface area contributed by atoms with Crippen LogP contribution in [0.5, 0.6) is 11.5 Å². The van der Waals surface area contributed by atoms with E-state index in [4.69, 9.17) is 15.2 Å². The minimum absolute atomic E-state index is 0.357. The zero-order valence-electron chi connectivity index (χ0n) is 12.7. The number of hydrogen-bond donors (Lipinski definition) is 1. The van der Waals surface area contributed by atoms with Gasteiger partial charge in [0.25, 0.3) is 0 Å². The molecule has 5 heteroatoms. The first-order valence-corrected chi connectivity index (χ1v) is 6.90. The van der Waals surface area contributed by atoms with Gasteiger partial charge in [-0.15, -0.1) is 0 Å². The van der Waals surface area contributed by atoms with E-state index in [-0.39, 0.29) is 0 Å². The lowest BCUT2D eigenvalue weighted by molar-refractivity contribution is 0.0600. The minimum Gasteiger partial charge on any atom is -0.490 e. The van der Waals surface area contributed by atoms with Gasteiger partial charge in [0.2, 0.25) is 0 Å². The molecule has 0 fully saturated rings. The maximum Gasteiger partial charge on any atom is 0.337 e. The molecule has 2 aromatic carbocycles. The maximum absolute atomic E-state index is 11.4. The molecule has 0 spiro atoms. The van der Waals surface area contributed by atoms with Crippen LogP contribution < -0.4 is 15.2 Å². The van der Waals surface area contributed by atoms with Gasteiger partial charge in [0.05, 0.1) is 18.4 Å². The zero-order valence-corrected chi connectivity index (χ0v) is 12.7. The highest BCUT2D eigenvalue weighted by Gasteiger charge is 2.08. The fourth-order valence-corrected chi connectivity index (χ4v) is 1.94. The Balaban J connectivity index is 1.85. The Kier molecular flexibility index (Phi) is 5.25. The second kappa shape index (κ2) is 7.36. The molecular weight excluding hydrogens is 282 g/mol. The molecule has 0 amide bonds. The molecule has 0 aliphatic carbocycles. The van der Waals surface area contributed by atoms with E-state index >= 15 is 0 Å². The first-order chi connectivity index (χ1) is 10.6. The fourth-order valence-electron chi connectivity index (χ4n) is 1.94. The summed E-state index contributed by atoms with van der Waals surface area (Å²) in [6, 6.07) is 12.6. The molecule has 0 aliphatic rings. The molecule has 5 nitrogen and oxygen atoms in total. The Morgan fingerprint density at radius 1 is 1.09 bits per heavy atom. The topological polar surface area (TPSA) is 70.8 Å². The quantitative estimate of drug-likeness (QED) is 0.504. The lowest BCUT2D eigenvalue weighted by Gasteiger charge is -2.11. The average Bonchev–Trinajstić information content (AvgIpc) is 2.52. The number of carbonyl (C=O) groups excluding carboxylic acids is 1. The number of hydrogen-bond acceptors (Lipinski definition) is 5. The van der Waals surface area contributed by atoms with Crippen LogP contribution in [-0.2, 0) is 4.74 Å². The van der Waals surface area contributed by atoms with Crippen molar-refractivity contribution in [2.75, 3.05) is 26.1 Å². The van der Waals surface area contributed by atoms with Gasteiger partial charge in [0, 0.05) is 0 Å². The van der Waals surface area contributed by atoms with Crippen LogP contribution in [0.2, 0.25) is 0 Å². The third-order valence-corrected chi connectivity index (χ3v) is 3.03. The van der Waals surface area contributed by atoms with Crippen LogP contribution in [0.3, 0.4) is 0 Å². The molecule has 0 aliphatic heterocycles. The molecule has 0 bridgehead atoms. The minimum atomic E-state index is -0.430.